The second-order valence-electron chi connectivity index (χ2n) is 4.82. The second kappa shape index (κ2) is 5.99. The summed E-state index contributed by atoms with van der Waals surface area (Å²) in [5.41, 5.74) is 0.836. The number of aryl methyl sites for hydroxylation is 1. The molecule has 1 aromatic heterocycles. The maximum absolute atomic E-state index is 12.5. The van der Waals surface area contributed by atoms with E-state index in [0.717, 1.165) is 24.4 Å². The highest BCUT2D eigenvalue weighted by Gasteiger charge is 2.33. The smallest absolute Gasteiger partial charge is 0.249 e. The summed E-state index contributed by atoms with van der Waals surface area (Å²) in [5.74, 6) is 0.852. The monoisotopic (exact) mass is 322 g/mol. The Kier molecular flexibility index (Phi) is 4.07. The highest BCUT2D eigenvalue weighted by molar-refractivity contribution is 7.09. The number of aromatic nitrogens is 2. The van der Waals surface area contributed by atoms with Crippen molar-refractivity contribution in [1.82, 2.24) is 9.36 Å². The first-order chi connectivity index (χ1) is 10.2. The number of nitrogens with one attached hydrogen (secondary N) is 1. The maximum atomic E-state index is 12.5. The van der Waals surface area contributed by atoms with Gasteiger partial charge in [0.25, 0.3) is 0 Å². The quantitative estimate of drug-likeness (QED) is 0.940. The molecular weight excluding hydrogens is 308 g/mol. The summed E-state index contributed by atoms with van der Waals surface area (Å²) in [7, 11) is 0. The Bertz CT molecular complexity index is 660. The van der Waals surface area contributed by atoms with Crippen molar-refractivity contribution in [3.63, 3.8) is 0 Å². The van der Waals surface area contributed by atoms with Gasteiger partial charge in [-0.25, -0.2) is 4.98 Å². The topological polar surface area (TPSA) is 58.1 Å². The normalized spacial score (nSPS) is 18.3. The van der Waals surface area contributed by atoms with Crippen LogP contribution in [0.15, 0.2) is 24.3 Å². The molecule has 110 valence electrons. The van der Waals surface area contributed by atoms with Crippen molar-refractivity contribution in [1.29, 1.82) is 0 Å². The van der Waals surface area contributed by atoms with Gasteiger partial charge in [0.2, 0.25) is 11.0 Å². The van der Waals surface area contributed by atoms with Gasteiger partial charge in [0.05, 0.1) is 0 Å². The maximum Gasteiger partial charge on any atom is 0.249 e. The van der Waals surface area contributed by atoms with Gasteiger partial charge in [0, 0.05) is 35.2 Å². The molecule has 1 fully saturated rings. The van der Waals surface area contributed by atoms with E-state index in [4.69, 9.17) is 11.6 Å². The first-order valence-electron chi connectivity index (χ1n) is 6.83. The summed E-state index contributed by atoms with van der Waals surface area (Å²) in [6, 6.07) is 7.11. The van der Waals surface area contributed by atoms with Crippen LogP contribution in [0.25, 0.3) is 0 Å². The average Bonchev–Trinajstić information content (AvgIpc) is 3.07. The van der Waals surface area contributed by atoms with Crippen molar-refractivity contribution >= 4 is 39.9 Å². The van der Waals surface area contributed by atoms with Crippen molar-refractivity contribution in [3.8, 4) is 0 Å². The van der Waals surface area contributed by atoms with Gasteiger partial charge < -0.3 is 10.2 Å². The Morgan fingerprint density at radius 2 is 2.38 bits per heavy atom. The van der Waals surface area contributed by atoms with Crippen molar-refractivity contribution in [2.75, 3.05) is 16.8 Å². The molecule has 7 heteroatoms. The number of benzene rings is 1. The molecule has 1 saturated heterocycles. The first-order valence-corrected chi connectivity index (χ1v) is 7.98. The van der Waals surface area contributed by atoms with Gasteiger partial charge in [0.15, 0.2) is 0 Å². The zero-order chi connectivity index (χ0) is 14.8. The van der Waals surface area contributed by atoms with Crippen LogP contribution in [0.3, 0.4) is 0 Å². The third-order valence-corrected chi connectivity index (χ3v) is 4.33. The molecule has 1 aliphatic heterocycles. The number of hydrogen-bond donors (Lipinski definition) is 1. The van der Waals surface area contributed by atoms with E-state index in [0.29, 0.717) is 16.7 Å². The Morgan fingerprint density at radius 3 is 3.10 bits per heavy atom. The van der Waals surface area contributed by atoms with Crippen molar-refractivity contribution in [2.45, 2.75) is 25.8 Å². The Balaban J connectivity index is 1.71. The lowest BCUT2D eigenvalue weighted by Crippen LogP contribution is -2.33. The van der Waals surface area contributed by atoms with Gasteiger partial charge in [-0.2, -0.15) is 4.37 Å². The minimum atomic E-state index is -0.248. The predicted molar refractivity (Wildman–Crippen MR) is 85.1 cm³/mol. The van der Waals surface area contributed by atoms with E-state index >= 15 is 0 Å². The van der Waals surface area contributed by atoms with Crippen LogP contribution < -0.4 is 10.2 Å². The van der Waals surface area contributed by atoms with E-state index in [1.54, 1.807) is 11.0 Å². The fourth-order valence-electron chi connectivity index (χ4n) is 2.32. The van der Waals surface area contributed by atoms with Crippen molar-refractivity contribution in [3.05, 3.63) is 35.1 Å². The minimum Gasteiger partial charge on any atom is -0.348 e. The van der Waals surface area contributed by atoms with E-state index in [1.165, 1.54) is 11.5 Å². The van der Waals surface area contributed by atoms with E-state index in [-0.39, 0.29) is 11.9 Å². The lowest BCUT2D eigenvalue weighted by Gasteiger charge is -2.17. The van der Waals surface area contributed by atoms with Gasteiger partial charge in [-0.3, -0.25) is 4.79 Å². The zero-order valence-corrected chi connectivity index (χ0v) is 13.1. The number of anilines is 2. The lowest BCUT2D eigenvalue weighted by atomic mass is 10.2. The fraction of sp³-hybridized carbons (Fsp3) is 0.357. The molecule has 1 N–H and O–H groups in total. The molecule has 5 nitrogen and oxygen atoms in total. The first kappa shape index (κ1) is 14.3. The summed E-state index contributed by atoms with van der Waals surface area (Å²) < 4.78 is 4.22. The molecule has 0 radical (unpaired) electrons. The fourth-order valence-corrected chi connectivity index (χ4v) is 3.21. The minimum absolute atomic E-state index is 0.0468. The van der Waals surface area contributed by atoms with Crippen LogP contribution in [0.1, 0.15) is 19.2 Å². The van der Waals surface area contributed by atoms with Crippen LogP contribution in [-0.4, -0.2) is 27.9 Å². The van der Waals surface area contributed by atoms with E-state index in [1.807, 2.05) is 25.1 Å². The number of nitrogens with zero attached hydrogens (tertiary/aromatic N) is 3. The lowest BCUT2D eigenvalue weighted by molar-refractivity contribution is -0.117. The molecule has 0 saturated carbocycles. The highest BCUT2D eigenvalue weighted by atomic mass is 35.5. The Hall–Kier alpha value is -1.66. The van der Waals surface area contributed by atoms with Crippen molar-refractivity contribution < 1.29 is 4.79 Å². The molecular formula is C14H15ClN4OS. The highest BCUT2D eigenvalue weighted by Crippen LogP contribution is 2.26. The van der Waals surface area contributed by atoms with Crippen LogP contribution in [0.4, 0.5) is 10.8 Å². The third kappa shape index (κ3) is 3.01. The molecule has 0 aliphatic carbocycles. The largest absolute Gasteiger partial charge is 0.348 e. The number of hydrogen-bond acceptors (Lipinski definition) is 5. The Morgan fingerprint density at radius 1 is 1.52 bits per heavy atom. The molecule has 0 bridgehead atoms. The van der Waals surface area contributed by atoms with Gasteiger partial charge in [-0.15, -0.1) is 0 Å². The SMILES string of the molecule is CCc1nsc(NC2CCN(c3cccc(Cl)c3)C2=O)n1. The molecule has 1 unspecified atom stereocenters. The second-order valence-corrected chi connectivity index (χ2v) is 6.01. The molecule has 0 spiro atoms. The van der Waals surface area contributed by atoms with Crippen molar-refractivity contribution in [2.24, 2.45) is 0 Å². The van der Waals surface area contributed by atoms with E-state index in [9.17, 15) is 4.79 Å². The van der Waals surface area contributed by atoms with Crippen LogP contribution in [0.2, 0.25) is 5.02 Å². The van der Waals surface area contributed by atoms with Gasteiger partial charge in [0.1, 0.15) is 11.9 Å². The van der Waals surface area contributed by atoms with E-state index < -0.39 is 0 Å². The summed E-state index contributed by atoms with van der Waals surface area (Å²) in [5, 5.41) is 4.52. The van der Waals surface area contributed by atoms with Crippen LogP contribution in [0, 0.1) is 0 Å². The molecule has 2 aromatic rings. The Labute approximate surface area is 132 Å². The van der Waals surface area contributed by atoms with Crippen LogP contribution in [0.5, 0.6) is 0 Å². The molecule has 1 aromatic carbocycles. The van der Waals surface area contributed by atoms with Crippen LogP contribution >= 0.6 is 23.1 Å². The summed E-state index contributed by atoms with van der Waals surface area (Å²) >= 11 is 7.28. The summed E-state index contributed by atoms with van der Waals surface area (Å²) in [6.45, 7) is 2.68. The third-order valence-electron chi connectivity index (χ3n) is 3.41. The molecule has 1 aliphatic rings. The van der Waals surface area contributed by atoms with E-state index in [2.05, 4.69) is 14.7 Å². The standard InChI is InChI=1S/C14H15ClN4OS/c1-2-12-17-14(21-18-12)16-11-6-7-19(13(11)20)10-5-3-4-9(15)8-10/h3-5,8,11H,2,6-7H2,1H3,(H,16,17,18). The molecule has 2 heterocycles. The van der Waals surface area contributed by atoms with Crippen LogP contribution in [-0.2, 0) is 11.2 Å². The molecule has 1 atom stereocenters. The molecule has 3 rings (SSSR count). The van der Waals surface area contributed by atoms with Gasteiger partial charge >= 0.3 is 0 Å². The summed E-state index contributed by atoms with van der Waals surface area (Å²) in [6.07, 6.45) is 1.54. The number of rotatable bonds is 4. The zero-order valence-electron chi connectivity index (χ0n) is 11.5. The molecule has 1 amide bonds. The average molecular weight is 323 g/mol. The predicted octanol–water partition coefficient (Wildman–Crippen LogP) is 2.97. The number of halogens is 1. The number of carbonyl (C=O) groups excluding carboxylic acids is 1. The van der Waals surface area contributed by atoms with Gasteiger partial charge in [-0.1, -0.05) is 24.6 Å². The number of carbonyl (C=O) groups is 1. The molecule has 21 heavy (non-hydrogen) atoms. The number of amides is 1. The van der Waals surface area contributed by atoms with Gasteiger partial charge in [-0.05, 0) is 24.6 Å². The summed E-state index contributed by atoms with van der Waals surface area (Å²) in [4.78, 5) is 18.6.